The Morgan fingerprint density at radius 2 is 2.04 bits per heavy atom. The topological polar surface area (TPSA) is 78.5 Å². The van der Waals surface area contributed by atoms with Crippen LogP contribution in [0.25, 0.3) is 0 Å². The summed E-state index contributed by atoms with van der Waals surface area (Å²) in [7, 11) is -3.32. The molecule has 132 valence electrons. The van der Waals surface area contributed by atoms with Gasteiger partial charge in [0.25, 0.3) is 0 Å². The van der Waals surface area contributed by atoms with E-state index >= 15 is 0 Å². The number of hydrogen-bond donors (Lipinski definition) is 2. The fraction of sp³-hybridized carbons (Fsp3) is 0.235. The number of hydrogen-bond acceptors (Lipinski definition) is 3. The quantitative estimate of drug-likeness (QED) is 0.857. The Labute approximate surface area is 151 Å². The van der Waals surface area contributed by atoms with E-state index < -0.39 is 10.0 Å². The number of anilines is 2. The standard InChI is InChI=1S/C17H18ClN3O3S/c1-25(23,24)21-8-7-13-5-6-15(10-16(13)21)20-17(22)19-11-12-3-2-4-14(18)9-12/h2-6,9-10H,7-8,11H2,1H3,(H2,19,20,22). The molecule has 0 atom stereocenters. The molecule has 0 unspecified atom stereocenters. The van der Waals surface area contributed by atoms with Crippen molar-refractivity contribution < 1.29 is 13.2 Å². The number of benzene rings is 2. The molecule has 2 aromatic rings. The van der Waals surface area contributed by atoms with Crippen LogP contribution < -0.4 is 14.9 Å². The van der Waals surface area contributed by atoms with Crippen molar-refractivity contribution in [3.8, 4) is 0 Å². The third-order valence-corrected chi connectivity index (χ3v) is 5.35. The molecular weight excluding hydrogens is 362 g/mol. The molecule has 0 aromatic heterocycles. The van der Waals surface area contributed by atoms with E-state index in [0.29, 0.717) is 35.9 Å². The molecule has 1 heterocycles. The van der Waals surface area contributed by atoms with E-state index in [4.69, 9.17) is 11.6 Å². The summed E-state index contributed by atoms with van der Waals surface area (Å²) in [5, 5.41) is 6.08. The molecule has 2 N–H and O–H groups in total. The molecule has 0 aliphatic carbocycles. The van der Waals surface area contributed by atoms with E-state index in [0.717, 1.165) is 11.1 Å². The van der Waals surface area contributed by atoms with Crippen LogP contribution in [0.15, 0.2) is 42.5 Å². The minimum atomic E-state index is -3.32. The van der Waals surface area contributed by atoms with Gasteiger partial charge in [0, 0.05) is 23.8 Å². The lowest BCUT2D eigenvalue weighted by atomic mass is 10.1. The van der Waals surface area contributed by atoms with Crippen LogP contribution >= 0.6 is 11.6 Å². The lowest BCUT2D eigenvalue weighted by molar-refractivity contribution is 0.251. The molecule has 0 saturated heterocycles. The van der Waals surface area contributed by atoms with Crippen molar-refractivity contribution in [1.82, 2.24) is 5.32 Å². The fourth-order valence-corrected chi connectivity index (χ4v) is 3.94. The molecule has 8 heteroatoms. The van der Waals surface area contributed by atoms with Crippen molar-refractivity contribution in [2.75, 3.05) is 22.4 Å². The van der Waals surface area contributed by atoms with Crippen LogP contribution in [0.3, 0.4) is 0 Å². The van der Waals surface area contributed by atoms with Gasteiger partial charge in [-0.15, -0.1) is 0 Å². The van der Waals surface area contributed by atoms with Gasteiger partial charge in [0.2, 0.25) is 10.0 Å². The fourth-order valence-electron chi connectivity index (χ4n) is 2.78. The first kappa shape index (κ1) is 17.6. The predicted octanol–water partition coefficient (Wildman–Crippen LogP) is 2.98. The summed E-state index contributed by atoms with van der Waals surface area (Å²) in [6.07, 6.45) is 1.85. The monoisotopic (exact) mass is 379 g/mol. The second kappa shape index (κ2) is 6.93. The number of halogens is 1. The van der Waals surface area contributed by atoms with Crippen LogP contribution in [0.2, 0.25) is 5.02 Å². The predicted molar refractivity (Wildman–Crippen MR) is 99.6 cm³/mol. The van der Waals surface area contributed by atoms with Gasteiger partial charge in [0.1, 0.15) is 0 Å². The van der Waals surface area contributed by atoms with Crippen LogP contribution in [-0.2, 0) is 23.0 Å². The summed E-state index contributed by atoms with van der Waals surface area (Å²) in [6.45, 7) is 0.769. The second-order valence-corrected chi connectivity index (χ2v) is 8.21. The van der Waals surface area contributed by atoms with E-state index in [1.165, 1.54) is 10.6 Å². The molecule has 0 bridgehead atoms. The molecule has 2 amide bonds. The van der Waals surface area contributed by atoms with E-state index in [9.17, 15) is 13.2 Å². The van der Waals surface area contributed by atoms with Crippen molar-refractivity contribution in [1.29, 1.82) is 0 Å². The minimum Gasteiger partial charge on any atom is -0.334 e. The first-order valence-corrected chi connectivity index (χ1v) is 9.95. The number of amides is 2. The number of nitrogens with one attached hydrogen (secondary N) is 2. The first-order valence-electron chi connectivity index (χ1n) is 7.73. The van der Waals surface area contributed by atoms with Crippen LogP contribution in [0.4, 0.5) is 16.2 Å². The molecular formula is C17H18ClN3O3S. The number of urea groups is 1. The Kier molecular flexibility index (Phi) is 4.87. The Balaban J connectivity index is 1.66. The van der Waals surface area contributed by atoms with E-state index in [-0.39, 0.29) is 6.03 Å². The highest BCUT2D eigenvalue weighted by atomic mass is 35.5. The molecule has 6 nitrogen and oxygen atoms in total. The third kappa shape index (κ3) is 4.24. The van der Waals surface area contributed by atoms with Gasteiger partial charge in [-0.05, 0) is 41.8 Å². The summed E-state index contributed by atoms with van der Waals surface area (Å²) >= 11 is 5.91. The summed E-state index contributed by atoms with van der Waals surface area (Å²) in [4.78, 5) is 12.1. The molecule has 2 aromatic carbocycles. The van der Waals surface area contributed by atoms with Crippen molar-refractivity contribution in [3.05, 3.63) is 58.6 Å². The number of carbonyl (C=O) groups is 1. The molecule has 25 heavy (non-hydrogen) atoms. The van der Waals surface area contributed by atoms with Crippen LogP contribution in [-0.4, -0.2) is 27.2 Å². The molecule has 1 aliphatic heterocycles. The van der Waals surface area contributed by atoms with Crippen molar-refractivity contribution in [2.45, 2.75) is 13.0 Å². The maximum Gasteiger partial charge on any atom is 0.319 e. The Morgan fingerprint density at radius 1 is 1.24 bits per heavy atom. The lowest BCUT2D eigenvalue weighted by Gasteiger charge is -2.17. The maximum atomic E-state index is 12.1. The van der Waals surface area contributed by atoms with Gasteiger partial charge >= 0.3 is 6.03 Å². The van der Waals surface area contributed by atoms with Gasteiger partial charge in [0.05, 0.1) is 11.9 Å². The zero-order valence-corrected chi connectivity index (χ0v) is 15.2. The summed E-state index contributed by atoms with van der Waals surface area (Å²) in [5.41, 5.74) is 3.00. The largest absolute Gasteiger partial charge is 0.334 e. The van der Waals surface area contributed by atoms with Gasteiger partial charge in [0.15, 0.2) is 0 Å². The second-order valence-electron chi connectivity index (χ2n) is 5.87. The van der Waals surface area contributed by atoms with Crippen LogP contribution in [0.5, 0.6) is 0 Å². The Morgan fingerprint density at radius 3 is 2.76 bits per heavy atom. The number of fused-ring (bicyclic) bond motifs is 1. The van der Waals surface area contributed by atoms with E-state index in [1.807, 2.05) is 18.2 Å². The minimum absolute atomic E-state index is 0.340. The van der Waals surface area contributed by atoms with Gasteiger partial charge in [-0.2, -0.15) is 0 Å². The first-order chi connectivity index (χ1) is 11.8. The van der Waals surface area contributed by atoms with Crippen molar-refractivity contribution in [2.24, 2.45) is 0 Å². The van der Waals surface area contributed by atoms with Gasteiger partial charge in [-0.25, -0.2) is 13.2 Å². The van der Waals surface area contributed by atoms with Crippen LogP contribution in [0.1, 0.15) is 11.1 Å². The summed E-state index contributed by atoms with van der Waals surface area (Å²) < 4.78 is 25.0. The van der Waals surface area contributed by atoms with Crippen LogP contribution in [0, 0.1) is 0 Å². The molecule has 0 radical (unpaired) electrons. The molecule has 1 aliphatic rings. The van der Waals surface area contributed by atoms with Crippen molar-refractivity contribution in [3.63, 3.8) is 0 Å². The average Bonchev–Trinajstić information content (AvgIpc) is 2.96. The Hall–Kier alpha value is -2.25. The third-order valence-electron chi connectivity index (χ3n) is 3.94. The van der Waals surface area contributed by atoms with Gasteiger partial charge in [-0.3, -0.25) is 4.31 Å². The van der Waals surface area contributed by atoms with Gasteiger partial charge < -0.3 is 10.6 Å². The average molecular weight is 380 g/mol. The highest BCUT2D eigenvalue weighted by Gasteiger charge is 2.26. The summed E-state index contributed by atoms with van der Waals surface area (Å²) in [5.74, 6) is 0. The molecule has 3 rings (SSSR count). The zero-order chi connectivity index (χ0) is 18.0. The lowest BCUT2D eigenvalue weighted by Crippen LogP contribution is -2.29. The number of rotatable bonds is 4. The highest BCUT2D eigenvalue weighted by Crippen LogP contribution is 2.32. The normalized spacial score (nSPS) is 13.4. The Bertz CT molecular complexity index is 915. The summed E-state index contributed by atoms with van der Waals surface area (Å²) in [6, 6.07) is 12.1. The number of carbonyl (C=O) groups excluding carboxylic acids is 1. The maximum absolute atomic E-state index is 12.1. The van der Waals surface area contributed by atoms with E-state index in [2.05, 4.69) is 10.6 Å². The SMILES string of the molecule is CS(=O)(=O)N1CCc2ccc(NC(=O)NCc3cccc(Cl)c3)cc21. The highest BCUT2D eigenvalue weighted by molar-refractivity contribution is 7.92. The molecule has 0 spiro atoms. The van der Waals surface area contributed by atoms with Crippen molar-refractivity contribution >= 4 is 39.0 Å². The van der Waals surface area contributed by atoms with E-state index in [1.54, 1.807) is 24.3 Å². The number of sulfonamides is 1. The molecule has 0 fully saturated rings. The number of nitrogens with zero attached hydrogens (tertiary/aromatic N) is 1. The molecule has 0 saturated carbocycles. The van der Waals surface area contributed by atoms with Gasteiger partial charge in [-0.1, -0.05) is 29.8 Å². The zero-order valence-electron chi connectivity index (χ0n) is 13.6. The smallest absolute Gasteiger partial charge is 0.319 e.